The van der Waals surface area contributed by atoms with Gasteiger partial charge in [0.05, 0.1) is 6.61 Å². The lowest BCUT2D eigenvalue weighted by atomic mass is 10.0. The molecule has 19 heavy (non-hydrogen) atoms. The molecule has 1 saturated carbocycles. The van der Waals surface area contributed by atoms with Crippen LogP contribution >= 0.6 is 0 Å². The molecule has 110 valence electrons. The summed E-state index contributed by atoms with van der Waals surface area (Å²) in [5, 5.41) is 11.7. The highest BCUT2D eigenvalue weighted by molar-refractivity contribution is 5.82. The molecule has 0 bridgehead atoms. The van der Waals surface area contributed by atoms with Gasteiger partial charge in [0.15, 0.2) is 0 Å². The Morgan fingerprint density at radius 3 is 2.47 bits per heavy atom. The number of hydrogen-bond donors (Lipinski definition) is 2. The van der Waals surface area contributed by atoms with Crippen molar-refractivity contribution in [3.05, 3.63) is 0 Å². The van der Waals surface area contributed by atoms with Crippen LogP contribution in [0.3, 0.4) is 0 Å². The number of hydrogen-bond acceptors (Lipinski definition) is 3. The van der Waals surface area contributed by atoms with Crippen LogP contribution in [0.15, 0.2) is 0 Å². The van der Waals surface area contributed by atoms with Crippen LogP contribution in [0.2, 0.25) is 0 Å². The van der Waals surface area contributed by atoms with Gasteiger partial charge in [-0.05, 0) is 25.2 Å². The highest BCUT2D eigenvalue weighted by atomic mass is 16.5. The minimum absolute atomic E-state index is 0.217. The molecule has 6 heteroatoms. The van der Waals surface area contributed by atoms with Crippen molar-refractivity contribution < 1.29 is 19.4 Å². The normalized spacial score (nSPS) is 16.2. The van der Waals surface area contributed by atoms with E-state index in [1.165, 1.54) is 0 Å². The van der Waals surface area contributed by atoms with E-state index >= 15 is 0 Å². The summed E-state index contributed by atoms with van der Waals surface area (Å²) < 4.78 is 4.98. The second-order valence-electron chi connectivity index (χ2n) is 5.39. The molecule has 1 aliphatic rings. The minimum Gasteiger partial charge on any atom is -0.480 e. The summed E-state index contributed by atoms with van der Waals surface area (Å²) in [6.45, 7) is 4.84. The van der Waals surface area contributed by atoms with E-state index in [4.69, 9.17) is 9.84 Å². The third-order valence-electron chi connectivity index (χ3n) is 3.09. The molecule has 0 aromatic rings. The Morgan fingerprint density at radius 2 is 2.05 bits per heavy atom. The topological polar surface area (TPSA) is 78.9 Å². The predicted octanol–water partition coefficient (Wildman–Crippen LogP) is 1.31. The number of nitrogens with zero attached hydrogens (tertiary/aromatic N) is 1. The fourth-order valence-corrected chi connectivity index (χ4v) is 1.95. The Balaban J connectivity index is 2.54. The van der Waals surface area contributed by atoms with E-state index < -0.39 is 12.0 Å². The van der Waals surface area contributed by atoms with Gasteiger partial charge in [-0.3, -0.25) is 0 Å². The van der Waals surface area contributed by atoms with Gasteiger partial charge >= 0.3 is 12.0 Å². The molecular formula is C13H24N2O4. The first-order valence-corrected chi connectivity index (χ1v) is 6.74. The molecule has 6 nitrogen and oxygen atoms in total. The molecule has 1 atom stereocenters. The molecule has 2 amide bonds. The fourth-order valence-electron chi connectivity index (χ4n) is 1.95. The second kappa shape index (κ2) is 7.33. The van der Waals surface area contributed by atoms with Gasteiger partial charge in [0, 0.05) is 19.7 Å². The lowest BCUT2D eigenvalue weighted by molar-refractivity contribution is -0.139. The Labute approximate surface area is 114 Å². The molecule has 0 aliphatic heterocycles. The zero-order valence-corrected chi connectivity index (χ0v) is 11.9. The van der Waals surface area contributed by atoms with Crippen LogP contribution in [0.5, 0.6) is 0 Å². The monoisotopic (exact) mass is 272 g/mol. The van der Waals surface area contributed by atoms with E-state index in [0.29, 0.717) is 19.6 Å². The van der Waals surface area contributed by atoms with Gasteiger partial charge in [0.2, 0.25) is 0 Å². The summed E-state index contributed by atoms with van der Waals surface area (Å²) >= 11 is 0. The zero-order chi connectivity index (χ0) is 14.4. The first kappa shape index (κ1) is 15.8. The standard InChI is InChI=1S/C13H24N2O4/c1-9(2)8-11(12(16)17)14-13(18)15(6-7-19-3)10-4-5-10/h9-11H,4-8H2,1-3H3,(H,14,18)(H,16,17)/t11-/m1/s1. The average Bonchev–Trinajstić information content (AvgIpc) is 3.12. The van der Waals surface area contributed by atoms with E-state index in [1.807, 2.05) is 13.8 Å². The van der Waals surface area contributed by atoms with Crippen molar-refractivity contribution in [1.82, 2.24) is 10.2 Å². The van der Waals surface area contributed by atoms with Crippen molar-refractivity contribution in [2.45, 2.75) is 45.2 Å². The summed E-state index contributed by atoms with van der Waals surface area (Å²) in [5.41, 5.74) is 0. The van der Waals surface area contributed by atoms with E-state index in [9.17, 15) is 9.59 Å². The lowest BCUT2D eigenvalue weighted by Crippen LogP contribution is -2.50. The molecule has 1 fully saturated rings. The van der Waals surface area contributed by atoms with Crippen molar-refractivity contribution in [2.24, 2.45) is 5.92 Å². The van der Waals surface area contributed by atoms with Crippen LogP contribution in [-0.4, -0.2) is 54.4 Å². The van der Waals surface area contributed by atoms with Crippen LogP contribution in [0.25, 0.3) is 0 Å². The van der Waals surface area contributed by atoms with E-state index in [-0.39, 0.29) is 18.0 Å². The summed E-state index contributed by atoms with van der Waals surface area (Å²) in [5.74, 6) is -0.765. The molecule has 0 heterocycles. The fraction of sp³-hybridized carbons (Fsp3) is 0.846. The maximum Gasteiger partial charge on any atom is 0.326 e. The number of carboxylic acid groups (broad SMARTS) is 1. The molecule has 0 unspecified atom stereocenters. The number of ether oxygens (including phenoxy) is 1. The number of aliphatic carboxylic acids is 1. The summed E-state index contributed by atoms with van der Waals surface area (Å²) in [7, 11) is 1.59. The molecule has 1 rings (SSSR count). The first-order valence-electron chi connectivity index (χ1n) is 6.74. The second-order valence-corrected chi connectivity index (χ2v) is 5.39. The van der Waals surface area contributed by atoms with Gasteiger partial charge in [-0.15, -0.1) is 0 Å². The zero-order valence-electron chi connectivity index (χ0n) is 11.9. The van der Waals surface area contributed by atoms with Crippen LogP contribution in [-0.2, 0) is 9.53 Å². The Morgan fingerprint density at radius 1 is 1.42 bits per heavy atom. The lowest BCUT2D eigenvalue weighted by Gasteiger charge is -2.25. The smallest absolute Gasteiger partial charge is 0.326 e. The number of nitrogens with one attached hydrogen (secondary N) is 1. The number of amides is 2. The average molecular weight is 272 g/mol. The van der Waals surface area contributed by atoms with Gasteiger partial charge in [0.1, 0.15) is 6.04 Å². The van der Waals surface area contributed by atoms with Crippen molar-refractivity contribution in [3.63, 3.8) is 0 Å². The molecule has 0 aromatic carbocycles. The Bertz CT molecular complexity index is 316. The molecule has 0 radical (unpaired) electrons. The van der Waals surface area contributed by atoms with E-state index in [2.05, 4.69) is 5.32 Å². The first-order chi connectivity index (χ1) is 8.95. The maximum absolute atomic E-state index is 12.1. The minimum atomic E-state index is -0.982. The number of carboxylic acids is 1. The third kappa shape index (κ3) is 5.46. The van der Waals surface area contributed by atoms with E-state index in [0.717, 1.165) is 12.8 Å². The van der Waals surface area contributed by atoms with Gasteiger partial charge in [-0.2, -0.15) is 0 Å². The Hall–Kier alpha value is -1.30. The third-order valence-corrected chi connectivity index (χ3v) is 3.09. The predicted molar refractivity (Wildman–Crippen MR) is 71.0 cm³/mol. The molecule has 0 spiro atoms. The number of urea groups is 1. The van der Waals surface area contributed by atoms with Gasteiger partial charge in [-0.25, -0.2) is 9.59 Å². The van der Waals surface area contributed by atoms with Crippen molar-refractivity contribution in [2.75, 3.05) is 20.3 Å². The SMILES string of the molecule is COCCN(C(=O)N[C@H](CC(C)C)C(=O)O)C1CC1. The quantitative estimate of drug-likeness (QED) is 0.698. The number of methoxy groups -OCH3 is 1. The molecule has 0 aromatic heterocycles. The molecule has 1 aliphatic carbocycles. The van der Waals surface area contributed by atoms with Crippen LogP contribution in [0.4, 0.5) is 4.79 Å². The Kier molecular flexibility index (Phi) is 6.08. The van der Waals surface area contributed by atoms with Crippen LogP contribution in [0, 0.1) is 5.92 Å². The number of carbonyl (C=O) groups is 2. The largest absolute Gasteiger partial charge is 0.480 e. The van der Waals surface area contributed by atoms with Crippen molar-refractivity contribution in [1.29, 1.82) is 0 Å². The van der Waals surface area contributed by atoms with Crippen LogP contribution in [0.1, 0.15) is 33.1 Å². The van der Waals surface area contributed by atoms with Gasteiger partial charge in [0.25, 0.3) is 0 Å². The highest BCUT2D eigenvalue weighted by Crippen LogP contribution is 2.26. The van der Waals surface area contributed by atoms with Crippen LogP contribution < -0.4 is 5.32 Å². The molecule has 0 saturated heterocycles. The molecule has 2 N–H and O–H groups in total. The number of rotatable bonds is 8. The summed E-state index contributed by atoms with van der Waals surface area (Å²) in [6.07, 6.45) is 2.40. The van der Waals surface area contributed by atoms with Gasteiger partial charge in [-0.1, -0.05) is 13.8 Å². The maximum atomic E-state index is 12.1. The summed E-state index contributed by atoms with van der Waals surface area (Å²) in [4.78, 5) is 24.9. The molecular weight excluding hydrogens is 248 g/mol. The highest BCUT2D eigenvalue weighted by Gasteiger charge is 2.34. The van der Waals surface area contributed by atoms with Crippen molar-refractivity contribution >= 4 is 12.0 Å². The van der Waals surface area contributed by atoms with E-state index in [1.54, 1.807) is 12.0 Å². The number of carbonyl (C=O) groups excluding carboxylic acids is 1. The van der Waals surface area contributed by atoms with Crippen molar-refractivity contribution in [3.8, 4) is 0 Å². The van der Waals surface area contributed by atoms with Gasteiger partial charge < -0.3 is 20.1 Å². The summed E-state index contributed by atoms with van der Waals surface area (Å²) in [6, 6.07) is -0.882.